The number of hydrogen-bond donors (Lipinski definition) is 2. The maximum atomic E-state index is 5.94. The van der Waals surface area contributed by atoms with Gasteiger partial charge in [-0.2, -0.15) is 0 Å². The number of anilines is 1. The second-order valence-corrected chi connectivity index (χ2v) is 5.08. The quantitative estimate of drug-likeness (QED) is 0.842. The molecule has 1 saturated carbocycles. The second kappa shape index (κ2) is 6.64. The lowest BCUT2D eigenvalue weighted by Crippen LogP contribution is -2.37. The van der Waals surface area contributed by atoms with Gasteiger partial charge in [-0.1, -0.05) is 31.4 Å². The van der Waals surface area contributed by atoms with Crippen LogP contribution in [0.3, 0.4) is 0 Å². The minimum Gasteiger partial charge on any atom is -0.495 e. The second-order valence-electron chi connectivity index (χ2n) is 5.08. The van der Waals surface area contributed by atoms with E-state index in [1.807, 2.05) is 18.2 Å². The molecule has 0 bridgehead atoms. The molecule has 0 amide bonds. The minimum atomic E-state index is 0.363. The highest BCUT2D eigenvalue weighted by Gasteiger charge is 2.23. The molecule has 1 aromatic carbocycles. The van der Waals surface area contributed by atoms with E-state index in [0.29, 0.717) is 18.5 Å². The fraction of sp³-hybridized carbons (Fsp3) is 0.600. The van der Waals surface area contributed by atoms with Gasteiger partial charge in [-0.25, -0.2) is 0 Å². The summed E-state index contributed by atoms with van der Waals surface area (Å²) in [5.74, 6) is 1.60. The predicted molar refractivity (Wildman–Crippen MR) is 76.0 cm³/mol. The van der Waals surface area contributed by atoms with Crippen LogP contribution in [0.25, 0.3) is 0 Å². The maximum absolute atomic E-state index is 5.94. The van der Waals surface area contributed by atoms with Gasteiger partial charge in [-0.15, -0.1) is 0 Å². The summed E-state index contributed by atoms with van der Waals surface area (Å²) in [6.07, 6.45) is 6.65. The van der Waals surface area contributed by atoms with Crippen LogP contribution in [-0.4, -0.2) is 19.7 Å². The van der Waals surface area contributed by atoms with E-state index in [0.717, 1.165) is 11.4 Å². The Hall–Kier alpha value is -1.22. The average Bonchev–Trinajstić information content (AvgIpc) is 2.46. The molecule has 1 atom stereocenters. The lowest BCUT2D eigenvalue weighted by Gasteiger charge is -2.31. The first-order chi connectivity index (χ1) is 8.85. The normalized spacial score (nSPS) is 18.3. The number of ether oxygens (including phenoxy) is 1. The van der Waals surface area contributed by atoms with Crippen LogP contribution in [-0.2, 0) is 0 Å². The first-order valence-corrected chi connectivity index (χ1v) is 6.94. The van der Waals surface area contributed by atoms with Crippen LogP contribution in [0.1, 0.15) is 32.1 Å². The van der Waals surface area contributed by atoms with Crippen molar-refractivity contribution >= 4 is 5.69 Å². The Bertz CT molecular complexity index is 361. The van der Waals surface area contributed by atoms with Crippen molar-refractivity contribution in [2.45, 2.75) is 38.1 Å². The molecular formula is C15H24N2O. The molecule has 0 saturated heterocycles. The third-order valence-corrected chi connectivity index (χ3v) is 3.92. The molecule has 0 aliphatic heterocycles. The molecular weight excluding hydrogens is 224 g/mol. The number of methoxy groups -OCH3 is 1. The van der Waals surface area contributed by atoms with Gasteiger partial charge in [0.25, 0.3) is 0 Å². The summed E-state index contributed by atoms with van der Waals surface area (Å²) in [5.41, 5.74) is 7.00. The molecule has 18 heavy (non-hydrogen) atoms. The lowest BCUT2D eigenvalue weighted by molar-refractivity contribution is 0.319. The van der Waals surface area contributed by atoms with Crippen LogP contribution in [0, 0.1) is 5.92 Å². The van der Waals surface area contributed by atoms with E-state index >= 15 is 0 Å². The lowest BCUT2D eigenvalue weighted by atomic mass is 9.84. The van der Waals surface area contributed by atoms with Crippen LogP contribution in [0.15, 0.2) is 24.3 Å². The number of hydrogen-bond acceptors (Lipinski definition) is 3. The van der Waals surface area contributed by atoms with Crippen LogP contribution in [0.4, 0.5) is 5.69 Å². The van der Waals surface area contributed by atoms with Gasteiger partial charge in [-0.3, -0.25) is 0 Å². The average molecular weight is 248 g/mol. The molecule has 2 rings (SSSR count). The molecule has 3 nitrogen and oxygen atoms in total. The number of nitrogens with two attached hydrogens (primary N) is 1. The largest absolute Gasteiger partial charge is 0.495 e. The van der Waals surface area contributed by atoms with Crippen molar-refractivity contribution in [3.05, 3.63) is 24.3 Å². The standard InChI is InChI=1S/C15H24N2O/c1-18-15-10-6-5-9-13(15)17-14(11-16)12-7-3-2-4-8-12/h5-6,9-10,12,14,17H,2-4,7-8,11,16H2,1H3. The zero-order valence-corrected chi connectivity index (χ0v) is 11.2. The van der Waals surface area contributed by atoms with Gasteiger partial charge in [0, 0.05) is 12.6 Å². The highest BCUT2D eigenvalue weighted by atomic mass is 16.5. The van der Waals surface area contributed by atoms with E-state index in [2.05, 4.69) is 11.4 Å². The summed E-state index contributed by atoms with van der Waals surface area (Å²) >= 11 is 0. The van der Waals surface area contributed by atoms with Crippen LogP contribution in [0.2, 0.25) is 0 Å². The number of benzene rings is 1. The zero-order valence-electron chi connectivity index (χ0n) is 11.2. The van der Waals surface area contributed by atoms with E-state index in [1.54, 1.807) is 7.11 Å². The van der Waals surface area contributed by atoms with E-state index in [4.69, 9.17) is 10.5 Å². The highest BCUT2D eigenvalue weighted by Crippen LogP contribution is 2.30. The summed E-state index contributed by atoms with van der Waals surface area (Å²) in [4.78, 5) is 0. The summed E-state index contributed by atoms with van der Waals surface area (Å²) in [5, 5.41) is 3.57. The van der Waals surface area contributed by atoms with Crippen molar-refractivity contribution in [3.63, 3.8) is 0 Å². The number of rotatable bonds is 5. The molecule has 100 valence electrons. The summed E-state index contributed by atoms with van der Waals surface area (Å²) in [6.45, 7) is 0.683. The van der Waals surface area contributed by atoms with Crippen molar-refractivity contribution in [1.29, 1.82) is 0 Å². The molecule has 1 unspecified atom stereocenters. The Balaban J connectivity index is 2.04. The first-order valence-electron chi connectivity index (χ1n) is 6.94. The molecule has 0 spiro atoms. The van der Waals surface area contributed by atoms with Crippen LogP contribution in [0.5, 0.6) is 5.75 Å². The van der Waals surface area contributed by atoms with Gasteiger partial charge in [0.2, 0.25) is 0 Å². The van der Waals surface area contributed by atoms with Crippen molar-refractivity contribution < 1.29 is 4.74 Å². The van der Waals surface area contributed by atoms with Crippen LogP contribution < -0.4 is 15.8 Å². The Labute approximate surface area is 110 Å². The Morgan fingerprint density at radius 2 is 2.00 bits per heavy atom. The van der Waals surface area contributed by atoms with Gasteiger partial charge < -0.3 is 15.8 Å². The van der Waals surface area contributed by atoms with E-state index in [9.17, 15) is 0 Å². The molecule has 1 aliphatic rings. The summed E-state index contributed by atoms with van der Waals surface area (Å²) < 4.78 is 5.37. The van der Waals surface area contributed by atoms with Gasteiger partial charge in [0.05, 0.1) is 12.8 Å². The Morgan fingerprint density at radius 1 is 1.28 bits per heavy atom. The molecule has 1 aliphatic carbocycles. The van der Waals surface area contributed by atoms with Gasteiger partial charge >= 0.3 is 0 Å². The number of nitrogens with one attached hydrogen (secondary N) is 1. The van der Waals surface area contributed by atoms with Gasteiger partial charge in [0.1, 0.15) is 5.75 Å². The van der Waals surface area contributed by atoms with E-state index in [1.165, 1.54) is 32.1 Å². The SMILES string of the molecule is COc1ccccc1NC(CN)C1CCCCC1. The van der Waals surface area contributed by atoms with Crippen LogP contribution >= 0.6 is 0 Å². The highest BCUT2D eigenvalue weighted by molar-refractivity contribution is 5.56. The fourth-order valence-corrected chi connectivity index (χ4v) is 2.87. The van der Waals surface area contributed by atoms with Crippen molar-refractivity contribution in [2.24, 2.45) is 11.7 Å². The molecule has 0 heterocycles. The number of para-hydroxylation sites is 2. The summed E-state index contributed by atoms with van der Waals surface area (Å²) in [7, 11) is 1.71. The molecule has 3 heteroatoms. The maximum Gasteiger partial charge on any atom is 0.141 e. The fourth-order valence-electron chi connectivity index (χ4n) is 2.87. The molecule has 1 fully saturated rings. The predicted octanol–water partition coefficient (Wildman–Crippen LogP) is 3.01. The monoisotopic (exact) mass is 248 g/mol. The van der Waals surface area contributed by atoms with Crippen molar-refractivity contribution in [1.82, 2.24) is 0 Å². The smallest absolute Gasteiger partial charge is 0.141 e. The van der Waals surface area contributed by atoms with Crippen molar-refractivity contribution in [2.75, 3.05) is 19.0 Å². The Morgan fingerprint density at radius 3 is 2.67 bits per heavy atom. The minimum absolute atomic E-state index is 0.363. The Kier molecular flexibility index (Phi) is 4.88. The molecule has 3 N–H and O–H groups in total. The van der Waals surface area contributed by atoms with Gasteiger partial charge in [-0.05, 0) is 30.9 Å². The van der Waals surface area contributed by atoms with Crippen molar-refractivity contribution in [3.8, 4) is 5.75 Å². The van der Waals surface area contributed by atoms with E-state index < -0.39 is 0 Å². The topological polar surface area (TPSA) is 47.3 Å². The molecule has 0 radical (unpaired) electrons. The third kappa shape index (κ3) is 3.16. The van der Waals surface area contributed by atoms with E-state index in [-0.39, 0.29) is 0 Å². The first kappa shape index (κ1) is 13.2. The molecule has 1 aromatic rings. The zero-order chi connectivity index (χ0) is 12.8. The third-order valence-electron chi connectivity index (χ3n) is 3.92. The molecule has 0 aromatic heterocycles. The van der Waals surface area contributed by atoms with Gasteiger partial charge in [0.15, 0.2) is 0 Å². The summed E-state index contributed by atoms with van der Waals surface area (Å²) in [6, 6.07) is 8.42.